The third kappa shape index (κ3) is 4.88. The molecule has 1 heterocycles. The monoisotopic (exact) mass is 384 g/mol. The maximum absolute atomic E-state index is 13.7. The molecule has 1 fully saturated rings. The summed E-state index contributed by atoms with van der Waals surface area (Å²) in [6, 6.07) is 9.48. The first kappa shape index (κ1) is 20.7. The van der Waals surface area contributed by atoms with E-state index in [1.807, 2.05) is 25.1 Å². The maximum Gasteiger partial charge on any atom is 0.160 e. The zero-order chi connectivity index (χ0) is 20.3. The second-order valence-electron chi connectivity index (χ2n) is 7.55. The fourth-order valence-electron chi connectivity index (χ4n) is 3.76. The van der Waals surface area contributed by atoms with Crippen LogP contribution in [0, 0.1) is 26.6 Å². The summed E-state index contributed by atoms with van der Waals surface area (Å²) in [6.07, 6.45) is 4.09. The van der Waals surface area contributed by atoms with Crippen molar-refractivity contribution in [3.05, 3.63) is 64.5 Å². The molecule has 1 aliphatic rings. The summed E-state index contributed by atoms with van der Waals surface area (Å²) in [5.41, 5.74) is 6.06. The Balaban J connectivity index is 1.93. The van der Waals surface area contributed by atoms with Crippen LogP contribution in [0.25, 0.3) is 17.2 Å². The van der Waals surface area contributed by atoms with Gasteiger partial charge in [-0.25, -0.2) is 4.39 Å². The van der Waals surface area contributed by atoms with E-state index in [0.29, 0.717) is 25.0 Å². The van der Waals surface area contributed by atoms with E-state index in [1.165, 1.54) is 6.07 Å². The summed E-state index contributed by atoms with van der Waals surface area (Å²) in [7, 11) is 0. The van der Waals surface area contributed by atoms with Gasteiger partial charge in [-0.3, -0.25) is 0 Å². The van der Waals surface area contributed by atoms with Gasteiger partial charge in [-0.05, 0) is 67.6 Å². The summed E-state index contributed by atoms with van der Waals surface area (Å²) < 4.78 is 25.2. The zero-order valence-corrected chi connectivity index (χ0v) is 17.0. The third-order valence-electron chi connectivity index (χ3n) is 5.13. The van der Waals surface area contributed by atoms with E-state index in [9.17, 15) is 9.50 Å². The van der Waals surface area contributed by atoms with Gasteiger partial charge in [0, 0.05) is 19.4 Å². The molecule has 0 aromatic heterocycles. The minimum Gasteiger partial charge on any atom is -0.393 e. The van der Waals surface area contributed by atoms with Crippen molar-refractivity contribution in [3.8, 4) is 11.1 Å². The number of aryl methyl sites for hydroxylation is 3. The van der Waals surface area contributed by atoms with Crippen LogP contribution in [0.4, 0.5) is 4.39 Å². The number of hydrogen-bond acceptors (Lipinski definition) is 3. The molecule has 4 heteroatoms. The van der Waals surface area contributed by atoms with Crippen molar-refractivity contribution in [2.45, 2.75) is 59.0 Å². The first-order valence-electron chi connectivity index (χ1n) is 9.88. The molecule has 3 rings (SSSR count). The summed E-state index contributed by atoms with van der Waals surface area (Å²) in [4.78, 5) is 0. The predicted octanol–water partition coefficient (Wildman–Crippen LogP) is 5.33. The number of aliphatic hydroxyl groups excluding tert-OH is 1. The highest BCUT2D eigenvalue weighted by Crippen LogP contribution is 2.31. The number of rotatable bonds is 5. The maximum atomic E-state index is 13.7. The zero-order valence-electron chi connectivity index (χ0n) is 17.0. The molecule has 2 aromatic carbocycles. The molecular formula is C24H29FO3. The smallest absolute Gasteiger partial charge is 0.160 e. The van der Waals surface area contributed by atoms with Crippen LogP contribution in [0.2, 0.25) is 0 Å². The van der Waals surface area contributed by atoms with Crippen LogP contribution in [0.1, 0.15) is 42.0 Å². The van der Waals surface area contributed by atoms with Crippen LogP contribution in [0.5, 0.6) is 0 Å². The molecule has 0 aliphatic carbocycles. The highest BCUT2D eigenvalue weighted by Gasteiger charge is 2.27. The SMILES string of the molecule is CCO[C@@H]1C[C@H](O)C[C@@H](/C=C/c2c(C)cc(C)cc2-c2ccc(F)c(C)c2)O1. The summed E-state index contributed by atoms with van der Waals surface area (Å²) in [5, 5.41) is 10.1. The second kappa shape index (κ2) is 8.99. The Morgan fingerprint density at radius 1 is 1.14 bits per heavy atom. The lowest BCUT2D eigenvalue weighted by molar-refractivity contribution is -0.201. The summed E-state index contributed by atoms with van der Waals surface area (Å²) in [6.45, 7) is 8.39. The first-order chi connectivity index (χ1) is 13.4. The number of halogens is 1. The van der Waals surface area contributed by atoms with E-state index in [4.69, 9.17) is 9.47 Å². The molecule has 0 radical (unpaired) electrons. The van der Waals surface area contributed by atoms with E-state index in [0.717, 1.165) is 27.8 Å². The number of hydrogen-bond donors (Lipinski definition) is 1. The van der Waals surface area contributed by atoms with Gasteiger partial charge in [-0.2, -0.15) is 0 Å². The van der Waals surface area contributed by atoms with Crippen LogP contribution in [0.15, 0.2) is 36.4 Å². The molecule has 1 N–H and O–H groups in total. The first-order valence-corrected chi connectivity index (χ1v) is 9.88. The lowest BCUT2D eigenvalue weighted by Crippen LogP contribution is -2.36. The molecule has 3 atom stereocenters. The van der Waals surface area contributed by atoms with E-state index < -0.39 is 6.10 Å². The van der Waals surface area contributed by atoms with Crippen molar-refractivity contribution in [3.63, 3.8) is 0 Å². The standard InChI is InChI=1S/C24H29FO3/c1-5-27-24-14-19(26)13-20(28-24)7-8-21-16(3)10-15(2)11-22(21)18-6-9-23(25)17(4)12-18/h6-12,19-20,24,26H,5,13-14H2,1-4H3/b8-7+/t19-,20-,24+/m1/s1. The highest BCUT2D eigenvalue weighted by molar-refractivity contribution is 5.78. The number of ether oxygens (including phenoxy) is 2. The van der Waals surface area contributed by atoms with Gasteiger partial charge in [0.05, 0.1) is 12.2 Å². The largest absolute Gasteiger partial charge is 0.393 e. The summed E-state index contributed by atoms with van der Waals surface area (Å²) in [5.74, 6) is -0.197. The van der Waals surface area contributed by atoms with Gasteiger partial charge in [-0.1, -0.05) is 35.9 Å². The molecule has 0 saturated carbocycles. The van der Waals surface area contributed by atoms with E-state index >= 15 is 0 Å². The average molecular weight is 384 g/mol. The van der Waals surface area contributed by atoms with Crippen LogP contribution in [-0.2, 0) is 9.47 Å². The molecule has 3 nitrogen and oxygen atoms in total. The number of benzene rings is 2. The number of aliphatic hydroxyl groups is 1. The molecule has 28 heavy (non-hydrogen) atoms. The lowest BCUT2D eigenvalue weighted by atomic mass is 9.92. The van der Waals surface area contributed by atoms with Gasteiger partial charge in [0.2, 0.25) is 0 Å². The Bertz CT molecular complexity index is 859. The van der Waals surface area contributed by atoms with Gasteiger partial charge in [-0.15, -0.1) is 0 Å². The molecule has 2 aromatic rings. The van der Waals surface area contributed by atoms with Crippen molar-refractivity contribution in [1.29, 1.82) is 0 Å². The van der Waals surface area contributed by atoms with Gasteiger partial charge >= 0.3 is 0 Å². The van der Waals surface area contributed by atoms with E-state index in [1.54, 1.807) is 6.92 Å². The topological polar surface area (TPSA) is 38.7 Å². The Morgan fingerprint density at radius 3 is 2.64 bits per heavy atom. The molecule has 0 unspecified atom stereocenters. The molecular weight excluding hydrogens is 355 g/mol. The minimum absolute atomic E-state index is 0.197. The fourth-order valence-corrected chi connectivity index (χ4v) is 3.76. The van der Waals surface area contributed by atoms with Gasteiger partial charge < -0.3 is 14.6 Å². The van der Waals surface area contributed by atoms with Crippen molar-refractivity contribution in [2.75, 3.05) is 6.61 Å². The molecule has 0 amide bonds. The minimum atomic E-state index is -0.432. The van der Waals surface area contributed by atoms with Gasteiger partial charge in [0.25, 0.3) is 0 Å². The van der Waals surface area contributed by atoms with Gasteiger partial charge in [0.1, 0.15) is 5.82 Å². The molecule has 0 spiro atoms. The Kier molecular flexibility index (Phi) is 6.65. The van der Waals surface area contributed by atoms with E-state index in [-0.39, 0.29) is 18.2 Å². The van der Waals surface area contributed by atoms with Gasteiger partial charge in [0.15, 0.2) is 6.29 Å². The van der Waals surface area contributed by atoms with Crippen molar-refractivity contribution in [1.82, 2.24) is 0 Å². The quantitative estimate of drug-likeness (QED) is 0.757. The molecule has 150 valence electrons. The van der Waals surface area contributed by atoms with Crippen LogP contribution < -0.4 is 0 Å². The van der Waals surface area contributed by atoms with Crippen molar-refractivity contribution < 1.29 is 19.0 Å². The highest BCUT2D eigenvalue weighted by atomic mass is 19.1. The average Bonchev–Trinajstić information content (AvgIpc) is 2.62. The molecule has 1 aliphatic heterocycles. The Morgan fingerprint density at radius 2 is 1.93 bits per heavy atom. The second-order valence-corrected chi connectivity index (χ2v) is 7.55. The molecule has 0 bridgehead atoms. The van der Waals surface area contributed by atoms with Crippen LogP contribution in [0.3, 0.4) is 0 Å². The summed E-state index contributed by atoms with van der Waals surface area (Å²) >= 11 is 0. The lowest BCUT2D eigenvalue weighted by Gasteiger charge is -2.31. The Labute approximate surface area is 166 Å². The van der Waals surface area contributed by atoms with Crippen LogP contribution in [-0.4, -0.2) is 30.2 Å². The normalized spacial score (nSPS) is 22.7. The molecule has 1 saturated heterocycles. The van der Waals surface area contributed by atoms with Crippen molar-refractivity contribution in [2.24, 2.45) is 0 Å². The predicted molar refractivity (Wildman–Crippen MR) is 111 cm³/mol. The Hall–Kier alpha value is -2.01. The van der Waals surface area contributed by atoms with E-state index in [2.05, 4.69) is 32.1 Å². The van der Waals surface area contributed by atoms with Crippen molar-refractivity contribution >= 4 is 6.08 Å². The van der Waals surface area contributed by atoms with Crippen LogP contribution >= 0.6 is 0 Å². The third-order valence-corrected chi connectivity index (χ3v) is 5.13. The fraction of sp³-hybridized carbons (Fsp3) is 0.417.